The van der Waals surface area contributed by atoms with Gasteiger partial charge in [0.25, 0.3) is 11.8 Å². The number of nitrogens with one attached hydrogen (secondary N) is 2. The maximum Gasteiger partial charge on any atom is 0.255 e. The van der Waals surface area contributed by atoms with Gasteiger partial charge in [0.2, 0.25) is 0 Å². The summed E-state index contributed by atoms with van der Waals surface area (Å²) in [7, 11) is 0. The first-order chi connectivity index (χ1) is 11.0. The Morgan fingerprint density at radius 1 is 1.00 bits per heavy atom. The Morgan fingerprint density at radius 3 is 2.22 bits per heavy atom. The van der Waals surface area contributed by atoms with Gasteiger partial charge in [-0.1, -0.05) is 29.3 Å². The van der Waals surface area contributed by atoms with E-state index in [0.29, 0.717) is 33.4 Å². The Balaban J connectivity index is 2.09. The minimum absolute atomic E-state index is 0.227. The maximum atomic E-state index is 12.2. The van der Waals surface area contributed by atoms with Gasteiger partial charge in [0.15, 0.2) is 0 Å². The van der Waals surface area contributed by atoms with Crippen LogP contribution >= 0.6 is 23.2 Å². The van der Waals surface area contributed by atoms with Crippen LogP contribution in [0.25, 0.3) is 0 Å². The number of hydrogen-bond acceptors (Lipinski definition) is 2. The minimum Gasteiger partial charge on any atom is -0.349 e. The van der Waals surface area contributed by atoms with Gasteiger partial charge in [0.1, 0.15) is 0 Å². The van der Waals surface area contributed by atoms with Crippen LogP contribution in [0.2, 0.25) is 10.0 Å². The number of hydrogen-bond donors (Lipinski definition) is 2. The molecular weight excluding hydrogens is 335 g/mol. The molecule has 0 radical (unpaired) electrons. The Hall–Kier alpha value is -2.30. The number of carbonyl (C=O) groups excluding carboxylic acids is 2. The van der Waals surface area contributed by atoms with Crippen LogP contribution in [-0.2, 0) is 0 Å². The number of rotatable bonds is 5. The topological polar surface area (TPSA) is 58.2 Å². The summed E-state index contributed by atoms with van der Waals surface area (Å²) in [5.41, 5.74) is 1.29. The molecule has 0 aliphatic heterocycles. The maximum absolute atomic E-state index is 12.2. The molecule has 118 valence electrons. The second-order valence-electron chi connectivity index (χ2n) is 4.65. The SMILES string of the molecule is C=CCNC(=O)c1ccc(C(=O)Nc2cc(Cl)ccc2Cl)cc1. The summed E-state index contributed by atoms with van der Waals surface area (Å²) in [6, 6.07) is 11.1. The standard InChI is InChI=1S/C17H14Cl2N2O2/c1-2-9-20-16(22)11-3-5-12(6-4-11)17(23)21-15-10-13(18)7-8-14(15)19/h2-8,10H,1,9H2,(H,20,22)(H,21,23). The van der Waals surface area contributed by atoms with Gasteiger partial charge in [-0.05, 0) is 42.5 Å². The Morgan fingerprint density at radius 2 is 1.61 bits per heavy atom. The first kappa shape index (κ1) is 17.1. The van der Waals surface area contributed by atoms with E-state index in [1.165, 1.54) is 0 Å². The van der Waals surface area contributed by atoms with Crippen molar-refractivity contribution in [1.82, 2.24) is 5.32 Å². The Kier molecular flexibility index (Phi) is 5.79. The highest BCUT2D eigenvalue weighted by molar-refractivity contribution is 6.35. The highest BCUT2D eigenvalue weighted by atomic mass is 35.5. The zero-order chi connectivity index (χ0) is 16.8. The van der Waals surface area contributed by atoms with Gasteiger partial charge in [-0.25, -0.2) is 0 Å². The van der Waals surface area contributed by atoms with Gasteiger partial charge in [-0.2, -0.15) is 0 Å². The van der Waals surface area contributed by atoms with E-state index in [0.717, 1.165) is 0 Å². The van der Waals surface area contributed by atoms with E-state index in [-0.39, 0.29) is 11.8 Å². The summed E-state index contributed by atoms with van der Waals surface area (Å²) >= 11 is 11.9. The normalized spacial score (nSPS) is 10.0. The molecule has 4 nitrogen and oxygen atoms in total. The fraction of sp³-hybridized carbons (Fsp3) is 0.0588. The average Bonchev–Trinajstić information content (AvgIpc) is 2.56. The molecule has 0 bridgehead atoms. The van der Waals surface area contributed by atoms with Gasteiger partial charge < -0.3 is 10.6 Å². The molecule has 0 unspecified atom stereocenters. The van der Waals surface area contributed by atoms with E-state index in [1.54, 1.807) is 48.5 Å². The summed E-state index contributed by atoms with van der Waals surface area (Å²) < 4.78 is 0. The molecule has 2 aromatic carbocycles. The van der Waals surface area contributed by atoms with Crippen LogP contribution in [-0.4, -0.2) is 18.4 Å². The molecule has 2 aromatic rings. The van der Waals surface area contributed by atoms with Crippen molar-refractivity contribution in [3.05, 3.63) is 76.3 Å². The van der Waals surface area contributed by atoms with Gasteiger partial charge in [-0.15, -0.1) is 6.58 Å². The molecule has 0 aromatic heterocycles. The molecule has 2 N–H and O–H groups in total. The molecule has 2 amide bonds. The van der Waals surface area contributed by atoms with E-state index in [4.69, 9.17) is 23.2 Å². The van der Waals surface area contributed by atoms with Crippen molar-refractivity contribution in [1.29, 1.82) is 0 Å². The first-order valence-electron chi connectivity index (χ1n) is 6.77. The van der Waals surface area contributed by atoms with Crippen molar-refractivity contribution in [3.63, 3.8) is 0 Å². The molecule has 0 fully saturated rings. The molecular formula is C17H14Cl2N2O2. The third-order valence-electron chi connectivity index (χ3n) is 2.99. The van der Waals surface area contributed by atoms with Gasteiger partial charge in [0.05, 0.1) is 10.7 Å². The zero-order valence-corrected chi connectivity index (χ0v) is 13.6. The van der Waals surface area contributed by atoms with Crippen LogP contribution in [0.1, 0.15) is 20.7 Å². The number of amides is 2. The van der Waals surface area contributed by atoms with Crippen LogP contribution in [0.5, 0.6) is 0 Å². The van der Waals surface area contributed by atoms with Gasteiger partial charge in [0, 0.05) is 22.7 Å². The lowest BCUT2D eigenvalue weighted by molar-refractivity contribution is 0.0956. The summed E-state index contributed by atoms with van der Waals surface area (Å²) in [4.78, 5) is 24.0. The summed E-state index contributed by atoms with van der Waals surface area (Å²) in [5, 5.41) is 6.21. The second-order valence-corrected chi connectivity index (χ2v) is 5.50. The lowest BCUT2D eigenvalue weighted by Crippen LogP contribution is -2.23. The number of benzene rings is 2. The lowest BCUT2D eigenvalue weighted by Gasteiger charge is -2.08. The highest BCUT2D eigenvalue weighted by Gasteiger charge is 2.10. The molecule has 0 saturated heterocycles. The Labute approximate surface area is 144 Å². The van der Waals surface area contributed by atoms with Crippen molar-refractivity contribution < 1.29 is 9.59 Å². The fourth-order valence-electron chi connectivity index (χ4n) is 1.83. The number of carbonyl (C=O) groups is 2. The zero-order valence-electron chi connectivity index (χ0n) is 12.1. The molecule has 0 heterocycles. The van der Waals surface area contributed by atoms with E-state index >= 15 is 0 Å². The average molecular weight is 349 g/mol. The third kappa shape index (κ3) is 4.58. The van der Waals surface area contributed by atoms with E-state index in [9.17, 15) is 9.59 Å². The van der Waals surface area contributed by atoms with Crippen molar-refractivity contribution in [2.75, 3.05) is 11.9 Å². The molecule has 23 heavy (non-hydrogen) atoms. The molecule has 2 rings (SSSR count). The minimum atomic E-state index is -0.341. The molecule has 0 aliphatic rings. The molecule has 6 heteroatoms. The van der Waals surface area contributed by atoms with Crippen LogP contribution in [0.3, 0.4) is 0 Å². The van der Waals surface area contributed by atoms with Crippen molar-refractivity contribution in [2.24, 2.45) is 0 Å². The quantitative estimate of drug-likeness (QED) is 0.797. The van der Waals surface area contributed by atoms with Crippen LogP contribution in [0, 0.1) is 0 Å². The second kappa shape index (κ2) is 7.81. The molecule has 0 aliphatic carbocycles. The highest BCUT2D eigenvalue weighted by Crippen LogP contribution is 2.25. The van der Waals surface area contributed by atoms with E-state index in [1.807, 2.05) is 0 Å². The fourth-order valence-corrected chi connectivity index (χ4v) is 2.16. The van der Waals surface area contributed by atoms with Gasteiger partial charge >= 0.3 is 0 Å². The summed E-state index contributed by atoms with van der Waals surface area (Å²) in [5.74, 6) is -0.568. The monoisotopic (exact) mass is 348 g/mol. The number of halogens is 2. The summed E-state index contributed by atoms with van der Waals surface area (Å²) in [6.07, 6.45) is 1.59. The molecule has 0 saturated carbocycles. The first-order valence-corrected chi connectivity index (χ1v) is 7.52. The Bertz CT molecular complexity index is 743. The lowest BCUT2D eigenvalue weighted by atomic mass is 10.1. The third-order valence-corrected chi connectivity index (χ3v) is 3.56. The van der Waals surface area contributed by atoms with Crippen LogP contribution in [0.4, 0.5) is 5.69 Å². The van der Waals surface area contributed by atoms with Crippen molar-refractivity contribution in [3.8, 4) is 0 Å². The predicted octanol–water partition coefficient (Wildman–Crippen LogP) is 4.16. The number of anilines is 1. The molecule has 0 spiro atoms. The predicted molar refractivity (Wildman–Crippen MR) is 93.4 cm³/mol. The van der Waals surface area contributed by atoms with Crippen molar-refractivity contribution >= 4 is 40.7 Å². The smallest absolute Gasteiger partial charge is 0.255 e. The largest absolute Gasteiger partial charge is 0.349 e. The summed E-state index contributed by atoms with van der Waals surface area (Å²) in [6.45, 7) is 3.91. The van der Waals surface area contributed by atoms with E-state index < -0.39 is 0 Å². The van der Waals surface area contributed by atoms with E-state index in [2.05, 4.69) is 17.2 Å². The van der Waals surface area contributed by atoms with Crippen LogP contribution < -0.4 is 10.6 Å². The van der Waals surface area contributed by atoms with Gasteiger partial charge in [-0.3, -0.25) is 9.59 Å². The van der Waals surface area contributed by atoms with Crippen LogP contribution in [0.15, 0.2) is 55.1 Å². The van der Waals surface area contributed by atoms with Crippen molar-refractivity contribution in [2.45, 2.75) is 0 Å². The molecule has 0 atom stereocenters.